The lowest BCUT2D eigenvalue weighted by atomic mass is 10.1. The minimum atomic E-state index is -4.62. The molecule has 30 heavy (non-hydrogen) atoms. The molecule has 1 amide bonds. The molecular weight excluding hydrogens is 424 g/mol. The Morgan fingerprint density at radius 1 is 1.00 bits per heavy atom. The molecule has 10 heteroatoms. The van der Waals surface area contributed by atoms with E-state index in [4.69, 9.17) is 0 Å². The summed E-state index contributed by atoms with van der Waals surface area (Å²) in [4.78, 5) is 16.0. The van der Waals surface area contributed by atoms with Gasteiger partial charge in [0.1, 0.15) is 5.82 Å². The molecule has 0 unspecified atom stereocenters. The topological polar surface area (TPSA) is 57.7 Å². The molecule has 0 bridgehead atoms. The van der Waals surface area contributed by atoms with Gasteiger partial charge in [0.2, 0.25) is 0 Å². The lowest BCUT2D eigenvalue weighted by molar-refractivity contribution is -0.137. The highest BCUT2D eigenvalue weighted by molar-refractivity contribution is 7.90. The van der Waals surface area contributed by atoms with E-state index in [1.165, 1.54) is 17.0 Å². The molecule has 0 aromatic heterocycles. The van der Waals surface area contributed by atoms with Crippen LogP contribution in [0, 0.1) is 12.7 Å². The maximum Gasteiger partial charge on any atom is 0.416 e. The summed E-state index contributed by atoms with van der Waals surface area (Å²) in [7, 11) is -3.47. The molecule has 0 N–H and O–H groups in total. The van der Waals surface area contributed by atoms with Crippen LogP contribution in [-0.4, -0.2) is 51.7 Å². The highest BCUT2D eigenvalue weighted by Crippen LogP contribution is 2.32. The molecule has 1 fully saturated rings. The normalized spacial score (nSPS) is 15.4. The lowest BCUT2D eigenvalue weighted by Gasteiger charge is -2.36. The Hall–Kier alpha value is -2.62. The van der Waals surface area contributed by atoms with E-state index in [9.17, 15) is 30.8 Å². The molecule has 0 atom stereocenters. The number of aryl methyl sites for hydroxylation is 1. The van der Waals surface area contributed by atoms with Crippen LogP contribution in [0.3, 0.4) is 0 Å². The van der Waals surface area contributed by atoms with Crippen LogP contribution in [0.5, 0.6) is 0 Å². The summed E-state index contributed by atoms with van der Waals surface area (Å²) in [6.07, 6.45) is -3.56. The summed E-state index contributed by atoms with van der Waals surface area (Å²) < 4.78 is 75.9. The number of halogens is 4. The molecule has 3 rings (SSSR count). The molecule has 0 spiro atoms. The van der Waals surface area contributed by atoms with Gasteiger partial charge in [-0.1, -0.05) is 6.07 Å². The number of sulfone groups is 1. The van der Waals surface area contributed by atoms with Crippen LogP contribution in [0.4, 0.5) is 23.2 Å². The predicted octanol–water partition coefficient (Wildman–Crippen LogP) is 3.52. The van der Waals surface area contributed by atoms with Crippen LogP contribution in [0.25, 0.3) is 0 Å². The summed E-state index contributed by atoms with van der Waals surface area (Å²) >= 11 is 0. The minimum absolute atomic E-state index is 0.0434. The zero-order valence-corrected chi connectivity index (χ0v) is 17.1. The van der Waals surface area contributed by atoms with Gasteiger partial charge in [-0.25, -0.2) is 12.8 Å². The highest BCUT2D eigenvalue weighted by Gasteiger charge is 2.32. The first kappa shape index (κ1) is 22.1. The van der Waals surface area contributed by atoms with E-state index in [1.807, 2.05) is 0 Å². The molecule has 1 aliphatic heterocycles. The van der Waals surface area contributed by atoms with E-state index in [0.717, 1.165) is 18.4 Å². The standard InChI is InChI=1S/C20H20F4N2O3S/c1-13-3-5-15(30(2,28)29)12-16(13)19(27)26-9-7-25(8-10-26)18-6-4-14(11-17(18)21)20(22,23)24/h3-6,11-12H,7-10H2,1-2H3. The fourth-order valence-corrected chi connectivity index (χ4v) is 3.97. The van der Waals surface area contributed by atoms with Crippen molar-refractivity contribution in [3.05, 3.63) is 58.9 Å². The summed E-state index contributed by atoms with van der Waals surface area (Å²) in [5.41, 5.74) is -0.111. The first-order chi connectivity index (χ1) is 13.9. The Bertz CT molecular complexity index is 1080. The van der Waals surface area contributed by atoms with Crippen molar-refractivity contribution in [2.45, 2.75) is 18.0 Å². The number of piperazine rings is 1. The monoisotopic (exact) mass is 444 g/mol. The Morgan fingerprint density at radius 2 is 1.63 bits per heavy atom. The summed E-state index contributed by atoms with van der Waals surface area (Å²) in [6, 6.07) is 6.73. The van der Waals surface area contributed by atoms with Crippen molar-refractivity contribution >= 4 is 21.4 Å². The summed E-state index contributed by atoms with van der Waals surface area (Å²) in [5, 5.41) is 0. The van der Waals surface area contributed by atoms with Gasteiger partial charge in [0.05, 0.1) is 16.1 Å². The molecule has 162 valence electrons. The van der Waals surface area contributed by atoms with E-state index < -0.39 is 27.4 Å². The maximum absolute atomic E-state index is 14.2. The van der Waals surface area contributed by atoms with Gasteiger partial charge in [0.25, 0.3) is 5.91 Å². The SMILES string of the molecule is Cc1ccc(S(C)(=O)=O)cc1C(=O)N1CCN(c2ccc(C(F)(F)F)cc2F)CC1. The van der Waals surface area contributed by atoms with Gasteiger partial charge in [-0.2, -0.15) is 13.2 Å². The number of amides is 1. The van der Waals surface area contributed by atoms with Crippen molar-refractivity contribution in [1.82, 2.24) is 4.90 Å². The zero-order valence-electron chi connectivity index (χ0n) is 16.3. The summed E-state index contributed by atoms with van der Waals surface area (Å²) in [6.45, 7) is 2.62. The lowest BCUT2D eigenvalue weighted by Crippen LogP contribution is -2.49. The summed E-state index contributed by atoms with van der Waals surface area (Å²) in [5.74, 6) is -1.31. The van der Waals surface area contributed by atoms with Crippen molar-refractivity contribution in [3.8, 4) is 0 Å². The molecule has 2 aromatic carbocycles. The van der Waals surface area contributed by atoms with Gasteiger partial charge < -0.3 is 9.80 Å². The second-order valence-electron chi connectivity index (χ2n) is 7.19. The fraction of sp³-hybridized carbons (Fsp3) is 0.350. The molecule has 1 saturated heterocycles. The van der Waals surface area contributed by atoms with Crippen LogP contribution in [0.2, 0.25) is 0 Å². The van der Waals surface area contributed by atoms with Crippen molar-refractivity contribution in [3.63, 3.8) is 0 Å². The number of carbonyl (C=O) groups excluding carboxylic acids is 1. The molecule has 1 heterocycles. The smallest absolute Gasteiger partial charge is 0.366 e. The van der Waals surface area contributed by atoms with E-state index >= 15 is 0 Å². The average molecular weight is 444 g/mol. The van der Waals surface area contributed by atoms with Gasteiger partial charge in [0.15, 0.2) is 9.84 Å². The molecule has 2 aromatic rings. The first-order valence-corrected chi connectivity index (χ1v) is 11.0. The van der Waals surface area contributed by atoms with Crippen LogP contribution in [-0.2, 0) is 16.0 Å². The Kier molecular flexibility index (Phi) is 5.81. The number of benzene rings is 2. The number of rotatable bonds is 3. The predicted molar refractivity (Wildman–Crippen MR) is 104 cm³/mol. The van der Waals surface area contributed by atoms with Crippen molar-refractivity contribution in [2.75, 3.05) is 37.3 Å². The zero-order chi connectivity index (χ0) is 22.3. The van der Waals surface area contributed by atoms with Crippen LogP contribution >= 0.6 is 0 Å². The Balaban J connectivity index is 1.74. The van der Waals surface area contributed by atoms with Crippen LogP contribution in [0.1, 0.15) is 21.5 Å². The van der Waals surface area contributed by atoms with Gasteiger partial charge in [-0.05, 0) is 42.8 Å². The Labute approximate surface area is 171 Å². The third kappa shape index (κ3) is 4.58. The quantitative estimate of drug-likeness (QED) is 0.680. The maximum atomic E-state index is 14.2. The van der Waals surface area contributed by atoms with E-state index in [1.54, 1.807) is 17.9 Å². The molecular formula is C20H20F4N2O3S. The number of nitrogens with zero attached hydrogens (tertiary/aromatic N) is 2. The van der Waals surface area contributed by atoms with E-state index in [0.29, 0.717) is 11.6 Å². The third-order valence-electron chi connectivity index (χ3n) is 5.05. The molecule has 0 aliphatic carbocycles. The minimum Gasteiger partial charge on any atom is -0.366 e. The number of hydrogen-bond acceptors (Lipinski definition) is 4. The van der Waals surface area contributed by atoms with Crippen LogP contribution in [0.15, 0.2) is 41.3 Å². The third-order valence-corrected chi connectivity index (χ3v) is 6.16. The molecule has 1 aliphatic rings. The highest BCUT2D eigenvalue weighted by atomic mass is 32.2. The van der Waals surface area contributed by atoms with Crippen molar-refractivity contribution in [1.29, 1.82) is 0 Å². The number of hydrogen-bond donors (Lipinski definition) is 0. The molecule has 0 saturated carbocycles. The average Bonchev–Trinajstić information content (AvgIpc) is 2.66. The second-order valence-corrected chi connectivity index (χ2v) is 9.21. The first-order valence-electron chi connectivity index (χ1n) is 9.09. The fourth-order valence-electron chi connectivity index (χ4n) is 3.32. The van der Waals surface area contributed by atoms with Gasteiger partial charge in [-0.15, -0.1) is 0 Å². The van der Waals surface area contributed by atoms with Crippen molar-refractivity contribution < 1.29 is 30.8 Å². The number of carbonyl (C=O) groups is 1. The molecule has 0 radical (unpaired) electrons. The number of anilines is 1. The van der Waals surface area contributed by atoms with Crippen LogP contribution < -0.4 is 4.90 Å². The molecule has 5 nitrogen and oxygen atoms in total. The van der Waals surface area contributed by atoms with Crippen molar-refractivity contribution in [2.24, 2.45) is 0 Å². The largest absolute Gasteiger partial charge is 0.416 e. The second kappa shape index (κ2) is 7.90. The van der Waals surface area contributed by atoms with Gasteiger partial charge in [0, 0.05) is 38.0 Å². The Morgan fingerprint density at radius 3 is 2.17 bits per heavy atom. The number of alkyl halides is 3. The van der Waals surface area contributed by atoms with E-state index in [2.05, 4.69) is 0 Å². The van der Waals surface area contributed by atoms with Gasteiger partial charge in [-0.3, -0.25) is 4.79 Å². The van der Waals surface area contributed by atoms with Gasteiger partial charge >= 0.3 is 6.18 Å². The van der Waals surface area contributed by atoms with E-state index in [-0.39, 0.29) is 48.2 Å².